The zero-order chi connectivity index (χ0) is 17.7. The van der Waals surface area contributed by atoms with Gasteiger partial charge in [0.05, 0.1) is 6.07 Å². The standard InChI is InChI=1S/C20H25N3O2/c21-15-20(11-5-2-6-12-20)19(25)22-17-10-7-13-23(18(17)24)14-16-8-3-1-4-9-16/h1,3-4,8-9,17H,2,5-7,10-14H2,(H,22,25)/t17-/m1/s1. The van der Waals surface area contributed by atoms with Crippen molar-refractivity contribution in [2.45, 2.75) is 57.5 Å². The van der Waals surface area contributed by atoms with Crippen LogP contribution in [0.25, 0.3) is 0 Å². The number of hydrogen-bond donors (Lipinski definition) is 1. The molecule has 1 aromatic rings. The highest BCUT2D eigenvalue weighted by Crippen LogP contribution is 2.36. The summed E-state index contributed by atoms with van der Waals surface area (Å²) in [5, 5.41) is 12.4. The van der Waals surface area contributed by atoms with E-state index in [1.807, 2.05) is 35.2 Å². The number of amides is 2. The van der Waals surface area contributed by atoms with E-state index in [1.165, 1.54) is 0 Å². The molecule has 1 aliphatic carbocycles. The van der Waals surface area contributed by atoms with E-state index < -0.39 is 11.5 Å². The van der Waals surface area contributed by atoms with E-state index in [1.54, 1.807) is 0 Å². The average molecular weight is 339 g/mol. The van der Waals surface area contributed by atoms with E-state index >= 15 is 0 Å². The van der Waals surface area contributed by atoms with Crippen LogP contribution in [0.1, 0.15) is 50.5 Å². The first-order valence-electron chi connectivity index (χ1n) is 9.19. The summed E-state index contributed by atoms with van der Waals surface area (Å²) in [6.45, 7) is 1.28. The van der Waals surface area contributed by atoms with Crippen LogP contribution < -0.4 is 5.32 Å². The third kappa shape index (κ3) is 3.84. The van der Waals surface area contributed by atoms with Crippen molar-refractivity contribution in [3.05, 3.63) is 35.9 Å². The zero-order valence-corrected chi connectivity index (χ0v) is 14.5. The van der Waals surface area contributed by atoms with Crippen molar-refractivity contribution in [1.82, 2.24) is 10.2 Å². The van der Waals surface area contributed by atoms with Crippen LogP contribution in [-0.4, -0.2) is 29.3 Å². The largest absolute Gasteiger partial charge is 0.343 e. The Balaban J connectivity index is 1.65. The summed E-state index contributed by atoms with van der Waals surface area (Å²) in [4.78, 5) is 27.3. The molecule has 0 aromatic heterocycles. The number of piperidine rings is 1. The van der Waals surface area contributed by atoms with Gasteiger partial charge in [0.1, 0.15) is 11.5 Å². The lowest BCUT2D eigenvalue weighted by Crippen LogP contribution is -2.55. The third-order valence-electron chi connectivity index (χ3n) is 5.41. The second-order valence-corrected chi connectivity index (χ2v) is 7.17. The van der Waals surface area contributed by atoms with Gasteiger partial charge in [-0.3, -0.25) is 9.59 Å². The Morgan fingerprint density at radius 1 is 1.20 bits per heavy atom. The van der Waals surface area contributed by atoms with Crippen LogP contribution in [0.5, 0.6) is 0 Å². The van der Waals surface area contributed by atoms with E-state index in [-0.39, 0.29) is 11.8 Å². The summed E-state index contributed by atoms with van der Waals surface area (Å²) in [5.74, 6) is -0.290. The fraction of sp³-hybridized carbons (Fsp3) is 0.550. The molecule has 2 fully saturated rings. The van der Waals surface area contributed by atoms with Gasteiger partial charge in [0.15, 0.2) is 0 Å². The molecule has 5 nitrogen and oxygen atoms in total. The molecule has 1 saturated carbocycles. The summed E-state index contributed by atoms with van der Waals surface area (Å²) in [6.07, 6.45) is 5.60. The second kappa shape index (κ2) is 7.69. The fourth-order valence-corrected chi connectivity index (χ4v) is 3.88. The Morgan fingerprint density at radius 2 is 1.92 bits per heavy atom. The van der Waals surface area contributed by atoms with Gasteiger partial charge >= 0.3 is 0 Å². The third-order valence-corrected chi connectivity index (χ3v) is 5.41. The molecule has 1 heterocycles. The number of likely N-dealkylation sites (tertiary alicyclic amines) is 1. The number of nitrogens with one attached hydrogen (secondary N) is 1. The molecule has 0 bridgehead atoms. The molecule has 0 radical (unpaired) electrons. The van der Waals surface area contributed by atoms with E-state index in [2.05, 4.69) is 11.4 Å². The minimum absolute atomic E-state index is 0.0349. The molecular weight excluding hydrogens is 314 g/mol. The first-order chi connectivity index (χ1) is 12.1. The van der Waals surface area contributed by atoms with E-state index in [0.29, 0.717) is 32.4 Å². The molecule has 3 rings (SSSR count). The fourth-order valence-electron chi connectivity index (χ4n) is 3.88. The number of carbonyl (C=O) groups excluding carboxylic acids is 2. The van der Waals surface area contributed by atoms with Crippen molar-refractivity contribution in [1.29, 1.82) is 5.26 Å². The minimum atomic E-state index is -0.944. The summed E-state index contributed by atoms with van der Waals surface area (Å²) in [7, 11) is 0. The maximum absolute atomic E-state index is 12.8. The maximum atomic E-state index is 12.8. The Hall–Kier alpha value is -2.35. The SMILES string of the molecule is N#CC1(C(=O)N[C@@H]2CCCN(Cc3ccccc3)C2=O)CCCCC1. The molecule has 2 amide bonds. The highest BCUT2D eigenvalue weighted by atomic mass is 16.2. The Kier molecular flexibility index (Phi) is 5.37. The van der Waals surface area contributed by atoms with E-state index in [0.717, 1.165) is 31.2 Å². The van der Waals surface area contributed by atoms with Crippen molar-refractivity contribution in [3.63, 3.8) is 0 Å². The second-order valence-electron chi connectivity index (χ2n) is 7.17. The highest BCUT2D eigenvalue weighted by molar-refractivity contribution is 5.91. The van der Waals surface area contributed by atoms with Crippen LogP contribution in [0.2, 0.25) is 0 Å². The summed E-state index contributed by atoms with van der Waals surface area (Å²) in [5.41, 5.74) is 0.142. The van der Waals surface area contributed by atoms with E-state index in [4.69, 9.17) is 0 Å². The number of nitriles is 1. The quantitative estimate of drug-likeness (QED) is 0.917. The monoisotopic (exact) mass is 339 g/mol. The molecule has 25 heavy (non-hydrogen) atoms. The molecule has 1 N–H and O–H groups in total. The molecule has 2 aliphatic rings. The van der Waals surface area contributed by atoms with Crippen LogP contribution in [0.15, 0.2) is 30.3 Å². The van der Waals surface area contributed by atoms with Gasteiger partial charge in [-0.05, 0) is 31.2 Å². The number of carbonyl (C=O) groups is 2. The van der Waals surface area contributed by atoms with Gasteiger partial charge in [-0.15, -0.1) is 0 Å². The van der Waals surface area contributed by atoms with Crippen molar-refractivity contribution in [2.24, 2.45) is 5.41 Å². The van der Waals surface area contributed by atoms with E-state index in [9.17, 15) is 14.9 Å². The van der Waals surface area contributed by atoms with Crippen molar-refractivity contribution >= 4 is 11.8 Å². The highest BCUT2D eigenvalue weighted by Gasteiger charge is 2.42. The predicted molar refractivity (Wildman–Crippen MR) is 94.2 cm³/mol. The van der Waals surface area contributed by atoms with Crippen LogP contribution in [-0.2, 0) is 16.1 Å². The molecular formula is C20H25N3O2. The molecule has 1 aliphatic heterocycles. The smallest absolute Gasteiger partial charge is 0.245 e. The Bertz CT molecular complexity index is 659. The average Bonchev–Trinajstić information content (AvgIpc) is 2.66. The van der Waals surface area contributed by atoms with Crippen LogP contribution >= 0.6 is 0 Å². The van der Waals surface area contributed by atoms with Gasteiger partial charge in [-0.25, -0.2) is 0 Å². The maximum Gasteiger partial charge on any atom is 0.245 e. The van der Waals surface area contributed by atoms with Crippen molar-refractivity contribution in [3.8, 4) is 6.07 Å². The number of hydrogen-bond acceptors (Lipinski definition) is 3. The predicted octanol–water partition coefficient (Wildman–Crippen LogP) is 2.77. The van der Waals surface area contributed by atoms with Crippen molar-refractivity contribution < 1.29 is 9.59 Å². The number of nitrogens with zero attached hydrogens (tertiary/aromatic N) is 2. The van der Waals surface area contributed by atoms with Gasteiger partial charge in [0, 0.05) is 13.1 Å². The molecule has 1 saturated heterocycles. The molecule has 0 unspecified atom stereocenters. The lowest BCUT2D eigenvalue weighted by atomic mass is 9.74. The topological polar surface area (TPSA) is 73.2 Å². The molecule has 0 spiro atoms. The zero-order valence-electron chi connectivity index (χ0n) is 14.5. The van der Waals surface area contributed by atoms with Gasteiger partial charge in [-0.1, -0.05) is 49.6 Å². The molecule has 1 aromatic carbocycles. The Morgan fingerprint density at radius 3 is 2.60 bits per heavy atom. The van der Waals surface area contributed by atoms with Crippen LogP contribution in [0.4, 0.5) is 0 Å². The first kappa shape index (κ1) is 17.5. The first-order valence-corrected chi connectivity index (χ1v) is 9.19. The molecule has 132 valence electrons. The minimum Gasteiger partial charge on any atom is -0.343 e. The van der Waals surface area contributed by atoms with Gasteiger partial charge in [0.2, 0.25) is 11.8 Å². The Labute approximate surface area is 149 Å². The van der Waals surface area contributed by atoms with Gasteiger partial charge < -0.3 is 10.2 Å². The van der Waals surface area contributed by atoms with Gasteiger partial charge in [-0.2, -0.15) is 5.26 Å². The lowest BCUT2D eigenvalue weighted by Gasteiger charge is -2.35. The van der Waals surface area contributed by atoms with Crippen LogP contribution in [0.3, 0.4) is 0 Å². The number of rotatable bonds is 4. The molecule has 5 heteroatoms. The summed E-state index contributed by atoms with van der Waals surface area (Å²) in [6, 6.07) is 11.6. The summed E-state index contributed by atoms with van der Waals surface area (Å²) >= 11 is 0. The lowest BCUT2D eigenvalue weighted by molar-refractivity contribution is -0.141. The summed E-state index contributed by atoms with van der Waals surface area (Å²) < 4.78 is 0. The molecule has 1 atom stereocenters. The normalized spacial score (nSPS) is 22.9. The number of benzene rings is 1. The van der Waals surface area contributed by atoms with Crippen molar-refractivity contribution in [2.75, 3.05) is 6.54 Å². The van der Waals surface area contributed by atoms with Crippen LogP contribution in [0, 0.1) is 16.7 Å². The van der Waals surface area contributed by atoms with Gasteiger partial charge in [0.25, 0.3) is 0 Å².